The van der Waals surface area contributed by atoms with Crippen LogP contribution in [0.2, 0.25) is 0 Å². The van der Waals surface area contributed by atoms with Gasteiger partial charge < -0.3 is 15.3 Å². The van der Waals surface area contributed by atoms with Crippen molar-refractivity contribution < 1.29 is 14.7 Å². The molecule has 0 unspecified atom stereocenters. The Bertz CT molecular complexity index is 615. The van der Waals surface area contributed by atoms with Gasteiger partial charge in [0.05, 0.1) is 5.56 Å². The minimum Gasteiger partial charge on any atom is -0.507 e. The zero-order valence-corrected chi connectivity index (χ0v) is 14.3. The van der Waals surface area contributed by atoms with Crippen LogP contribution in [-0.4, -0.2) is 41.5 Å². The van der Waals surface area contributed by atoms with Gasteiger partial charge >= 0.3 is 0 Å². The number of phenolic OH excluding ortho intramolecular Hbond substituents is 1. The van der Waals surface area contributed by atoms with Crippen LogP contribution in [0.15, 0.2) is 18.2 Å². The summed E-state index contributed by atoms with van der Waals surface area (Å²) >= 11 is 0. The summed E-state index contributed by atoms with van der Waals surface area (Å²) in [6, 6.07) is 4.95. The Kier molecular flexibility index (Phi) is 5.07. The molecule has 1 aromatic carbocycles. The van der Waals surface area contributed by atoms with E-state index in [0.717, 1.165) is 18.7 Å². The van der Waals surface area contributed by atoms with Crippen LogP contribution in [0.5, 0.6) is 5.75 Å². The van der Waals surface area contributed by atoms with Crippen LogP contribution in [0.4, 0.5) is 0 Å². The van der Waals surface area contributed by atoms with Gasteiger partial charge in [-0.25, -0.2) is 0 Å². The molecule has 0 aromatic heterocycles. The van der Waals surface area contributed by atoms with E-state index >= 15 is 0 Å². The second kappa shape index (κ2) is 7.24. The van der Waals surface area contributed by atoms with Crippen molar-refractivity contribution in [3.05, 3.63) is 29.3 Å². The van der Waals surface area contributed by atoms with Gasteiger partial charge in [0.1, 0.15) is 5.75 Å². The van der Waals surface area contributed by atoms with E-state index in [0.29, 0.717) is 24.8 Å². The van der Waals surface area contributed by atoms with Crippen molar-refractivity contribution >= 4 is 11.8 Å². The molecule has 2 N–H and O–H groups in total. The predicted octanol–water partition coefficient (Wildman–Crippen LogP) is 2.47. The molecule has 0 bridgehead atoms. The number of fused-ring (bicyclic) bond motifs is 1. The molecule has 3 rings (SSSR count). The zero-order chi connectivity index (χ0) is 17.1. The van der Waals surface area contributed by atoms with E-state index in [-0.39, 0.29) is 23.1 Å². The maximum atomic E-state index is 12.3. The van der Waals surface area contributed by atoms with Crippen LogP contribution in [-0.2, 0) is 4.79 Å². The molecule has 1 saturated heterocycles. The number of benzene rings is 1. The number of carbonyl (C=O) groups is 2. The molecule has 5 heteroatoms. The molecule has 2 aliphatic rings. The first-order valence-electron chi connectivity index (χ1n) is 8.90. The smallest absolute Gasteiger partial charge is 0.255 e. The van der Waals surface area contributed by atoms with Gasteiger partial charge in [0, 0.05) is 26.1 Å². The van der Waals surface area contributed by atoms with E-state index in [1.165, 1.54) is 25.7 Å². The number of nitrogens with one attached hydrogen (secondary N) is 1. The Labute approximate surface area is 143 Å². The molecule has 1 saturated carbocycles. The quantitative estimate of drug-likeness (QED) is 0.891. The normalized spacial score (nSPS) is 23.0. The minimum absolute atomic E-state index is 0.0255. The molecule has 1 aliphatic heterocycles. The fraction of sp³-hybridized carbons (Fsp3) is 0.579. The lowest BCUT2D eigenvalue weighted by atomic mass is 9.82. The highest BCUT2D eigenvalue weighted by atomic mass is 16.3. The molecule has 1 aromatic rings. The van der Waals surface area contributed by atoms with E-state index in [1.54, 1.807) is 18.2 Å². The van der Waals surface area contributed by atoms with Crippen LogP contribution in [0, 0.1) is 18.8 Å². The molecular formula is C19H26N2O3. The second-order valence-electron chi connectivity index (χ2n) is 7.13. The van der Waals surface area contributed by atoms with Crippen molar-refractivity contribution in [1.82, 2.24) is 10.2 Å². The molecular weight excluding hydrogens is 304 g/mol. The fourth-order valence-electron chi connectivity index (χ4n) is 3.98. The number of hydrogen-bond donors (Lipinski definition) is 2. The van der Waals surface area contributed by atoms with E-state index in [9.17, 15) is 14.7 Å². The van der Waals surface area contributed by atoms with Crippen molar-refractivity contribution in [2.75, 3.05) is 19.6 Å². The zero-order valence-electron chi connectivity index (χ0n) is 14.3. The van der Waals surface area contributed by atoms with Gasteiger partial charge in [0.15, 0.2) is 0 Å². The summed E-state index contributed by atoms with van der Waals surface area (Å²) in [4.78, 5) is 26.4. The molecule has 2 atom stereocenters. The highest BCUT2D eigenvalue weighted by Crippen LogP contribution is 2.36. The molecule has 1 aliphatic carbocycles. The SMILES string of the molecule is Cc1ccc(C(=O)NCCC(=O)N2C[C@@H]3CCCC[C@H]3C2)c(O)c1. The Hall–Kier alpha value is -2.04. The number of likely N-dealkylation sites (tertiary alicyclic amines) is 1. The van der Waals surface area contributed by atoms with Crippen molar-refractivity contribution in [1.29, 1.82) is 0 Å². The highest BCUT2D eigenvalue weighted by molar-refractivity contribution is 5.97. The van der Waals surface area contributed by atoms with Crippen LogP contribution in [0.3, 0.4) is 0 Å². The standard InChI is InChI=1S/C19H26N2O3/c1-13-6-7-16(17(22)10-13)19(24)20-9-8-18(23)21-11-14-4-2-3-5-15(14)12-21/h6-7,10,14-15,22H,2-5,8-9,11-12H2,1H3,(H,20,24)/t14-,15-/m0/s1. The Morgan fingerprint density at radius 1 is 1.21 bits per heavy atom. The first kappa shape index (κ1) is 16.8. The summed E-state index contributed by atoms with van der Waals surface area (Å²) in [5.41, 5.74) is 1.15. The van der Waals surface area contributed by atoms with Gasteiger partial charge in [0.2, 0.25) is 5.91 Å². The third kappa shape index (κ3) is 3.71. The van der Waals surface area contributed by atoms with Gasteiger partial charge in [-0.3, -0.25) is 9.59 Å². The lowest BCUT2D eigenvalue weighted by molar-refractivity contribution is -0.130. The number of rotatable bonds is 4. The average Bonchev–Trinajstić information content (AvgIpc) is 2.98. The van der Waals surface area contributed by atoms with Crippen molar-refractivity contribution in [2.45, 2.75) is 39.0 Å². The summed E-state index contributed by atoms with van der Waals surface area (Å²) in [6.07, 6.45) is 5.40. The van der Waals surface area contributed by atoms with Crippen LogP contribution in [0.25, 0.3) is 0 Å². The van der Waals surface area contributed by atoms with Crippen LogP contribution >= 0.6 is 0 Å². The molecule has 130 valence electrons. The maximum Gasteiger partial charge on any atom is 0.255 e. The summed E-state index contributed by atoms with van der Waals surface area (Å²) < 4.78 is 0. The largest absolute Gasteiger partial charge is 0.507 e. The monoisotopic (exact) mass is 330 g/mol. The van der Waals surface area contributed by atoms with Gasteiger partial charge in [-0.15, -0.1) is 0 Å². The van der Waals surface area contributed by atoms with Gasteiger partial charge in [0.25, 0.3) is 5.91 Å². The molecule has 0 spiro atoms. The summed E-state index contributed by atoms with van der Waals surface area (Å²) in [7, 11) is 0. The summed E-state index contributed by atoms with van der Waals surface area (Å²) in [5.74, 6) is 1.12. The van der Waals surface area contributed by atoms with Crippen molar-refractivity contribution in [3.8, 4) is 5.75 Å². The molecule has 0 radical (unpaired) electrons. The van der Waals surface area contributed by atoms with E-state index < -0.39 is 0 Å². The summed E-state index contributed by atoms with van der Waals surface area (Å²) in [5, 5.41) is 12.6. The van der Waals surface area contributed by atoms with Gasteiger partial charge in [-0.05, 0) is 49.3 Å². The predicted molar refractivity (Wildman–Crippen MR) is 91.8 cm³/mol. The molecule has 2 fully saturated rings. The molecule has 2 amide bonds. The first-order valence-corrected chi connectivity index (χ1v) is 8.90. The third-order valence-electron chi connectivity index (χ3n) is 5.35. The van der Waals surface area contributed by atoms with E-state index in [1.807, 2.05) is 11.8 Å². The second-order valence-corrected chi connectivity index (χ2v) is 7.13. The number of aromatic hydroxyl groups is 1. The van der Waals surface area contributed by atoms with Crippen LogP contribution in [0.1, 0.15) is 48.0 Å². The molecule has 1 heterocycles. The lowest BCUT2D eigenvalue weighted by Crippen LogP contribution is -2.33. The molecule has 24 heavy (non-hydrogen) atoms. The Morgan fingerprint density at radius 2 is 1.88 bits per heavy atom. The number of nitrogens with zero attached hydrogens (tertiary/aromatic N) is 1. The van der Waals surface area contributed by atoms with E-state index in [4.69, 9.17) is 0 Å². The topological polar surface area (TPSA) is 69.6 Å². The Balaban J connectivity index is 1.46. The maximum absolute atomic E-state index is 12.3. The fourth-order valence-corrected chi connectivity index (χ4v) is 3.98. The number of carbonyl (C=O) groups excluding carboxylic acids is 2. The first-order chi connectivity index (χ1) is 11.5. The van der Waals surface area contributed by atoms with Gasteiger partial charge in [-0.2, -0.15) is 0 Å². The van der Waals surface area contributed by atoms with E-state index in [2.05, 4.69) is 5.32 Å². The lowest BCUT2D eigenvalue weighted by Gasteiger charge is -2.22. The minimum atomic E-state index is -0.338. The third-order valence-corrected chi connectivity index (χ3v) is 5.35. The summed E-state index contributed by atoms with van der Waals surface area (Å²) in [6.45, 7) is 3.93. The van der Waals surface area contributed by atoms with Crippen LogP contribution < -0.4 is 5.32 Å². The number of phenols is 1. The molecule has 5 nitrogen and oxygen atoms in total. The van der Waals surface area contributed by atoms with Crippen molar-refractivity contribution in [2.24, 2.45) is 11.8 Å². The number of aryl methyl sites for hydroxylation is 1. The van der Waals surface area contributed by atoms with Gasteiger partial charge in [-0.1, -0.05) is 18.9 Å². The highest BCUT2D eigenvalue weighted by Gasteiger charge is 2.36. The Morgan fingerprint density at radius 3 is 2.50 bits per heavy atom. The number of hydrogen-bond acceptors (Lipinski definition) is 3. The average molecular weight is 330 g/mol. The number of amides is 2. The van der Waals surface area contributed by atoms with Crippen molar-refractivity contribution in [3.63, 3.8) is 0 Å².